The molecule has 0 heterocycles. The average molecular weight is 344 g/mol. The number of ether oxygens (including phenoxy) is 2. The van der Waals surface area contributed by atoms with Crippen LogP contribution in [0.5, 0.6) is 0 Å². The zero-order chi connectivity index (χ0) is 16.5. The third kappa shape index (κ3) is 7.14. The Balaban J connectivity index is 4.78. The number of rotatable bonds is 11. The predicted molar refractivity (Wildman–Crippen MR) is 58.4 cm³/mol. The van der Waals surface area contributed by atoms with Crippen LogP contribution in [0.2, 0.25) is 0 Å². The normalized spacial score (nSPS) is 15.3. The van der Waals surface area contributed by atoms with Crippen LogP contribution < -0.4 is 0 Å². The van der Waals surface area contributed by atoms with E-state index in [-0.39, 0.29) is 26.4 Å². The molecular weight excluding hydrogens is 329 g/mol. The fraction of sp³-hybridized carbons (Fsp3) is 1.00. The number of hydrogen-bond acceptors (Lipinski definition) is 5. The van der Waals surface area contributed by atoms with E-state index in [1.54, 1.807) is 0 Å². The number of halogens is 6. The first-order chi connectivity index (χ1) is 9.69. The third-order valence-corrected chi connectivity index (χ3v) is 3.57. The summed E-state index contributed by atoms with van der Waals surface area (Å²) < 4.78 is 97.6. The van der Waals surface area contributed by atoms with Gasteiger partial charge in [0.1, 0.15) is 0 Å². The molecule has 0 rings (SSSR count). The first-order valence-corrected chi connectivity index (χ1v) is 7.03. The second kappa shape index (κ2) is 9.83. The van der Waals surface area contributed by atoms with Gasteiger partial charge in [0.2, 0.25) is 0 Å². The summed E-state index contributed by atoms with van der Waals surface area (Å²) in [6.07, 6.45) is -10.4. The van der Waals surface area contributed by atoms with E-state index in [1.807, 2.05) is 0 Å². The fourth-order valence-corrected chi connectivity index (χ4v) is 2.28. The molecule has 0 aliphatic heterocycles. The smallest absolute Gasteiger partial charge is 0.452 e. The molecule has 0 aliphatic rings. The Morgan fingerprint density at radius 2 is 1.29 bits per heavy atom. The van der Waals surface area contributed by atoms with Gasteiger partial charge in [0, 0.05) is 27.4 Å². The summed E-state index contributed by atoms with van der Waals surface area (Å²) in [5.74, 6) is -5.15. The summed E-state index contributed by atoms with van der Waals surface area (Å²) in [6.45, 7) is -0.698. The summed E-state index contributed by atoms with van der Waals surface area (Å²) in [5.41, 5.74) is 0. The standard InChI is InChI=1S/C3HF6O.2C3H7O2.Al/c4-1(5)2(6,10)3(7,8)9;2*1-5-3-2-4;/h1H;2*2-3H2,1H3;/q3*-1;+3. The minimum Gasteiger partial charge on any atom is -0.452 e. The molecule has 1 unspecified atom stereocenters. The Hall–Kier alpha value is -0.0875. The molecule has 0 aliphatic carbocycles. The van der Waals surface area contributed by atoms with E-state index in [0.29, 0.717) is 0 Å². The minimum absolute atomic E-state index is 0.0551. The van der Waals surface area contributed by atoms with Gasteiger partial charge in [0.15, 0.2) is 0 Å². The van der Waals surface area contributed by atoms with E-state index < -0.39 is 33.6 Å². The zero-order valence-electron chi connectivity index (χ0n) is 11.3. The molecule has 0 aromatic carbocycles. The first kappa shape index (κ1) is 20.9. The van der Waals surface area contributed by atoms with E-state index in [1.165, 1.54) is 14.2 Å². The van der Waals surface area contributed by atoms with Crippen molar-refractivity contribution in [2.75, 3.05) is 40.6 Å². The van der Waals surface area contributed by atoms with Gasteiger partial charge in [-0.1, -0.05) is 0 Å². The number of alkyl halides is 6. The summed E-state index contributed by atoms with van der Waals surface area (Å²) in [7, 11) is 2.56. The van der Waals surface area contributed by atoms with E-state index >= 15 is 0 Å². The number of methoxy groups -OCH3 is 2. The molecule has 5 nitrogen and oxygen atoms in total. The maximum atomic E-state index is 13.4. The van der Waals surface area contributed by atoms with E-state index in [0.717, 1.165) is 0 Å². The minimum atomic E-state index is -5.93. The van der Waals surface area contributed by atoms with Gasteiger partial charge in [-0.25, -0.2) is 8.78 Å². The molecule has 0 fully saturated rings. The average Bonchev–Trinajstić information content (AvgIpc) is 2.37. The maximum absolute atomic E-state index is 13.4. The van der Waals surface area contributed by atoms with E-state index in [4.69, 9.17) is 7.58 Å². The number of hydrogen-bond donors (Lipinski definition) is 0. The van der Waals surface area contributed by atoms with Gasteiger partial charge < -0.3 is 20.8 Å². The Morgan fingerprint density at radius 1 is 0.857 bits per heavy atom. The molecule has 0 bridgehead atoms. The maximum Gasteiger partial charge on any atom is 0.908 e. The van der Waals surface area contributed by atoms with Crippen molar-refractivity contribution in [1.82, 2.24) is 0 Å². The van der Waals surface area contributed by atoms with Gasteiger partial charge in [0.05, 0.1) is 13.2 Å². The lowest BCUT2D eigenvalue weighted by molar-refractivity contribution is -0.349. The molecule has 0 saturated carbocycles. The van der Waals surface area contributed by atoms with Gasteiger partial charge in [-0.3, -0.25) is 0 Å². The SMILES string of the molecule is COCC[O][Al]([O]CCOC)[O]C(F)(C(F)F)C(F)(F)F. The summed E-state index contributed by atoms with van der Waals surface area (Å²) in [4.78, 5) is 0. The van der Waals surface area contributed by atoms with Gasteiger partial charge in [0.25, 0.3) is 0 Å². The molecule has 0 aromatic rings. The van der Waals surface area contributed by atoms with Crippen molar-refractivity contribution in [3.63, 3.8) is 0 Å². The monoisotopic (exact) mass is 344 g/mol. The quantitative estimate of drug-likeness (QED) is 0.325. The van der Waals surface area contributed by atoms with Gasteiger partial charge in [-0.2, -0.15) is 17.6 Å². The highest BCUT2D eigenvalue weighted by Gasteiger charge is 2.66. The highest BCUT2D eigenvalue weighted by atomic mass is 27.3. The molecule has 1 atom stereocenters. The van der Waals surface area contributed by atoms with Crippen LogP contribution in [0.25, 0.3) is 0 Å². The second-order valence-electron chi connectivity index (χ2n) is 3.58. The van der Waals surface area contributed by atoms with Crippen LogP contribution in [0.3, 0.4) is 0 Å². The van der Waals surface area contributed by atoms with Crippen molar-refractivity contribution in [2.24, 2.45) is 0 Å². The van der Waals surface area contributed by atoms with Gasteiger partial charge in [-0.15, -0.1) is 0 Å². The van der Waals surface area contributed by atoms with Crippen molar-refractivity contribution >= 4 is 15.1 Å². The zero-order valence-corrected chi connectivity index (χ0v) is 12.4. The molecule has 21 heavy (non-hydrogen) atoms. The molecule has 126 valence electrons. The molecule has 0 spiro atoms. The van der Waals surface area contributed by atoms with Gasteiger partial charge in [-0.05, 0) is 0 Å². The van der Waals surface area contributed by atoms with Crippen LogP contribution in [-0.4, -0.2) is 74.3 Å². The van der Waals surface area contributed by atoms with Crippen LogP contribution in [0.15, 0.2) is 0 Å². The summed E-state index contributed by atoms with van der Waals surface area (Å²) in [6, 6.07) is 0. The van der Waals surface area contributed by atoms with Crippen LogP contribution in [0.4, 0.5) is 26.3 Å². The topological polar surface area (TPSA) is 46.2 Å². The van der Waals surface area contributed by atoms with E-state index in [2.05, 4.69) is 13.3 Å². The van der Waals surface area contributed by atoms with Crippen LogP contribution in [0, 0.1) is 0 Å². The van der Waals surface area contributed by atoms with Crippen molar-refractivity contribution in [1.29, 1.82) is 0 Å². The van der Waals surface area contributed by atoms with Crippen LogP contribution in [0.1, 0.15) is 0 Å². The molecular formula is C9H15AlF6O5. The summed E-state index contributed by atoms with van der Waals surface area (Å²) >= 11 is -3.81. The largest absolute Gasteiger partial charge is 0.908 e. The predicted octanol–water partition coefficient (Wildman–Crippen LogP) is 1.81. The van der Waals surface area contributed by atoms with Crippen molar-refractivity contribution in [2.45, 2.75) is 18.5 Å². The molecule has 0 radical (unpaired) electrons. The lowest BCUT2D eigenvalue weighted by Crippen LogP contribution is -2.54. The highest BCUT2D eigenvalue weighted by Crippen LogP contribution is 2.40. The van der Waals surface area contributed by atoms with Crippen LogP contribution in [-0.2, 0) is 20.8 Å². The second-order valence-corrected chi connectivity index (χ2v) is 5.06. The molecule has 0 amide bonds. The Morgan fingerprint density at radius 3 is 1.57 bits per heavy atom. The first-order valence-electron chi connectivity index (χ1n) is 5.61. The fourth-order valence-electron chi connectivity index (χ4n) is 0.954. The Bertz CT molecular complexity index is 272. The lowest BCUT2D eigenvalue weighted by atomic mass is 10.3. The Labute approximate surface area is 122 Å². The van der Waals surface area contributed by atoms with E-state index in [9.17, 15) is 26.3 Å². The van der Waals surface area contributed by atoms with Crippen molar-refractivity contribution in [3.8, 4) is 0 Å². The lowest BCUT2D eigenvalue weighted by Gasteiger charge is -2.29. The summed E-state index contributed by atoms with van der Waals surface area (Å²) in [5, 5.41) is 0. The molecule has 0 saturated heterocycles. The van der Waals surface area contributed by atoms with Crippen LogP contribution >= 0.6 is 0 Å². The molecule has 12 heteroatoms. The molecule has 0 N–H and O–H groups in total. The third-order valence-electron chi connectivity index (χ3n) is 2.02. The highest BCUT2D eigenvalue weighted by molar-refractivity contribution is 6.36. The van der Waals surface area contributed by atoms with Gasteiger partial charge >= 0.3 is 33.6 Å². The van der Waals surface area contributed by atoms with Crippen molar-refractivity contribution < 1.29 is 47.2 Å². The Kier molecular flexibility index (Phi) is 9.79. The van der Waals surface area contributed by atoms with Crippen molar-refractivity contribution in [3.05, 3.63) is 0 Å². The molecule has 0 aromatic heterocycles.